The van der Waals surface area contributed by atoms with Gasteiger partial charge < -0.3 is 10.1 Å². The van der Waals surface area contributed by atoms with Crippen molar-refractivity contribution < 1.29 is 4.74 Å². The second-order valence-corrected chi connectivity index (χ2v) is 6.38. The van der Waals surface area contributed by atoms with Crippen LogP contribution in [0.5, 0.6) is 5.75 Å². The Labute approximate surface area is 151 Å². The van der Waals surface area contributed by atoms with Gasteiger partial charge in [-0.1, -0.05) is 42.1 Å². The number of rotatable bonds is 9. The fraction of sp³-hybridized carbons (Fsp3) is 0.278. The average Bonchev–Trinajstić information content (AvgIpc) is 3.11. The van der Waals surface area contributed by atoms with Crippen LogP contribution in [0, 0.1) is 0 Å². The molecule has 0 saturated carbocycles. The van der Waals surface area contributed by atoms with Crippen LogP contribution in [-0.2, 0) is 6.54 Å². The Bertz CT molecular complexity index is 778. The van der Waals surface area contributed by atoms with Crippen molar-refractivity contribution in [3.8, 4) is 11.4 Å². The maximum atomic E-state index is 5.52. The molecule has 130 valence electrons. The van der Waals surface area contributed by atoms with Gasteiger partial charge in [-0.2, -0.15) is 4.68 Å². The van der Waals surface area contributed by atoms with E-state index in [0.717, 1.165) is 35.4 Å². The summed E-state index contributed by atoms with van der Waals surface area (Å²) in [6.45, 7) is 4.35. The Balaban J connectivity index is 1.45. The number of nitrogens with one attached hydrogen (secondary N) is 1. The van der Waals surface area contributed by atoms with Crippen LogP contribution in [0.2, 0.25) is 0 Å². The van der Waals surface area contributed by atoms with Crippen LogP contribution in [0.25, 0.3) is 5.69 Å². The number of nitrogens with zero attached hydrogens (tertiary/aromatic N) is 4. The second-order valence-electron chi connectivity index (χ2n) is 5.31. The molecule has 1 N–H and O–H groups in total. The summed E-state index contributed by atoms with van der Waals surface area (Å²) in [5, 5.41) is 16.2. The van der Waals surface area contributed by atoms with Gasteiger partial charge in [-0.05, 0) is 47.2 Å². The molecule has 0 aliphatic carbocycles. The van der Waals surface area contributed by atoms with Crippen LogP contribution in [-0.4, -0.2) is 39.1 Å². The molecular formula is C18H21N5OS. The maximum Gasteiger partial charge on any atom is 0.214 e. The summed E-state index contributed by atoms with van der Waals surface area (Å²) >= 11 is 1.63. The quantitative estimate of drug-likeness (QED) is 0.470. The molecule has 0 aliphatic heterocycles. The minimum Gasteiger partial charge on any atom is -0.494 e. The standard InChI is InChI=1S/C18H21N5OS/c1-2-24-17-10-6-7-15(13-17)14-19-11-12-25-18-20-21-22-23(18)16-8-4-3-5-9-16/h3-10,13,19H,2,11-12,14H2,1H3. The minimum atomic E-state index is 0.684. The van der Waals surface area contributed by atoms with E-state index in [-0.39, 0.29) is 0 Å². The monoisotopic (exact) mass is 355 g/mol. The first-order valence-electron chi connectivity index (χ1n) is 8.26. The van der Waals surface area contributed by atoms with Crippen LogP contribution in [0.3, 0.4) is 0 Å². The number of para-hydroxylation sites is 1. The van der Waals surface area contributed by atoms with Crippen molar-refractivity contribution in [2.75, 3.05) is 18.9 Å². The molecule has 2 aromatic carbocycles. The van der Waals surface area contributed by atoms with Crippen molar-refractivity contribution in [3.63, 3.8) is 0 Å². The molecule has 1 aromatic heterocycles. The Hall–Kier alpha value is -2.38. The number of hydrogen-bond donors (Lipinski definition) is 1. The smallest absolute Gasteiger partial charge is 0.214 e. The van der Waals surface area contributed by atoms with Gasteiger partial charge >= 0.3 is 0 Å². The Morgan fingerprint density at radius 3 is 2.84 bits per heavy atom. The van der Waals surface area contributed by atoms with E-state index < -0.39 is 0 Å². The van der Waals surface area contributed by atoms with Gasteiger partial charge in [-0.25, -0.2) is 0 Å². The van der Waals surface area contributed by atoms with E-state index in [2.05, 4.69) is 33.0 Å². The zero-order valence-corrected chi connectivity index (χ0v) is 14.9. The summed E-state index contributed by atoms with van der Waals surface area (Å²) in [6, 6.07) is 18.1. The highest BCUT2D eigenvalue weighted by molar-refractivity contribution is 7.99. The van der Waals surface area contributed by atoms with Gasteiger partial charge in [0.25, 0.3) is 0 Å². The molecule has 0 amide bonds. The van der Waals surface area contributed by atoms with Crippen molar-refractivity contribution in [2.45, 2.75) is 18.6 Å². The van der Waals surface area contributed by atoms with Gasteiger partial charge in [-0.3, -0.25) is 0 Å². The normalized spacial score (nSPS) is 10.8. The molecule has 0 atom stereocenters. The van der Waals surface area contributed by atoms with Crippen molar-refractivity contribution in [2.24, 2.45) is 0 Å². The van der Waals surface area contributed by atoms with Crippen molar-refractivity contribution >= 4 is 11.8 Å². The Kier molecular flexibility index (Phi) is 6.42. The third kappa shape index (κ3) is 5.04. The lowest BCUT2D eigenvalue weighted by atomic mass is 10.2. The van der Waals surface area contributed by atoms with Crippen LogP contribution < -0.4 is 10.1 Å². The summed E-state index contributed by atoms with van der Waals surface area (Å²) in [4.78, 5) is 0. The van der Waals surface area contributed by atoms with Gasteiger partial charge in [0.15, 0.2) is 0 Å². The van der Waals surface area contributed by atoms with E-state index in [1.165, 1.54) is 5.56 Å². The highest BCUT2D eigenvalue weighted by atomic mass is 32.2. The summed E-state index contributed by atoms with van der Waals surface area (Å²) < 4.78 is 7.28. The molecular weight excluding hydrogens is 334 g/mol. The van der Waals surface area contributed by atoms with Crippen LogP contribution in [0.15, 0.2) is 59.8 Å². The minimum absolute atomic E-state index is 0.684. The average molecular weight is 355 g/mol. The molecule has 3 rings (SSSR count). The highest BCUT2D eigenvalue weighted by Crippen LogP contribution is 2.17. The largest absolute Gasteiger partial charge is 0.494 e. The molecule has 0 radical (unpaired) electrons. The van der Waals surface area contributed by atoms with Gasteiger partial charge in [0, 0.05) is 18.8 Å². The molecule has 6 nitrogen and oxygen atoms in total. The van der Waals surface area contributed by atoms with Gasteiger partial charge in [0.05, 0.1) is 12.3 Å². The van der Waals surface area contributed by atoms with Crippen LogP contribution >= 0.6 is 11.8 Å². The molecule has 0 fully saturated rings. The van der Waals surface area contributed by atoms with Crippen LogP contribution in [0.1, 0.15) is 12.5 Å². The summed E-state index contributed by atoms with van der Waals surface area (Å²) in [5.74, 6) is 1.80. The molecule has 1 heterocycles. The van der Waals surface area contributed by atoms with E-state index >= 15 is 0 Å². The van der Waals surface area contributed by atoms with Gasteiger partial charge in [0.1, 0.15) is 5.75 Å². The number of ether oxygens (including phenoxy) is 1. The van der Waals surface area contributed by atoms with E-state index in [4.69, 9.17) is 4.74 Å². The zero-order valence-electron chi connectivity index (χ0n) is 14.1. The van der Waals surface area contributed by atoms with E-state index in [1.54, 1.807) is 16.4 Å². The SMILES string of the molecule is CCOc1cccc(CNCCSc2nnnn2-c2ccccc2)c1. The maximum absolute atomic E-state index is 5.52. The Morgan fingerprint density at radius 1 is 1.12 bits per heavy atom. The molecule has 7 heteroatoms. The number of aromatic nitrogens is 4. The second kappa shape index (κ2) is 9.19. The molecule has 0 unspecified atom stereocenters. The van der Waals surface area contributed by atoms with Crippen molar-refractivity contribution in [1.29, 1.82) is 0 Å². The lowest BCUT2D eigenvalue weighted by molar-refractivity contribution is 0.340. The summed E-state index contributed by atoms with van der Waals surface area (Å²) in [6.07, 6.45) is 0. The number of thioether (sulfide) groups is 1. The lowest BCUT2D eigenvalue weighted by Crippen LogP contribution is -2.16. The zero-order chi connectivity index (χ0) is 17.3. The predicted molar refractivity (Wildman–Crippen MR) is 99.2 cm³/mol. The lowest BCUT2D eigenvalue weighted by Gasteiger charge is -2.08. The molecule has 0 saturated heterocycles. The van der Waals surface area contributed by atoms with E-state index in [9.17, 15) is 0 Å². The van der Waals surface area contributed by atoms with E-state index in [0.29, 0.717) is 6.61 Å². The summed E-state index contributed by atoms with van der Waals surface area (Å²) in [5.41, 5.74) is 2.18. The third-order valence-corrected chi connectivity index (χ3v) is 4.41. The first-order chi connectivity index (χ1) is 12.4. The fourth-order valence-electron chi connectivity index (χ4n) is 2.36. The van der Waals surface area contributed by atoms with Crippen molar-refractivity contribution in [3.05, 3.63) is 60.2 Å². The molecule has 3 aromatic rings. The number of tetrazole rings is 1. The Morgan fingerprint density at radius 2 is 2.00 bits per heavy atom. The molecule has 0 bridgehead atoms. The fourth-order valence-corrected chi connectivity index (χ4v) is 3.15. The first kappa shape index (κ1) is 17.4. The predicted octanol–water partition coefficient (Wildman–Crippen LogP) is 2.94. The molecule has 0 aliphatic rings. The number of hydrogen-bond acceptors (Lipinski definition) is 6. The number of benzene rings is 2. The van der Waals surface area contributed by atoms with Gasteiger partial charge in [0.2, 0.25) is 5.16 Å². The highest BCUT2D eigenvalue weighted by Gasteiger charge is 2.08. The topological polar surface area (TPSA) is 64.9 Å². The summed E-state index contributed by atoms with van der Waals surface area (Å²) in [7, 11) is 0. The van der Waals surface area contributed by atoms with Gasteiger partial charge in [-0.15, -0.1) is 5.10 Å². The molecule has 0 spiro atoms. The van der Waals surface area contributed by atoms with Crippen molar-refractivity contribution in [1.82, 2.24) is 25.5 Å². The third-order valence-electron chi connectivity index (χ3n) is 3.49. The van der Waals surface area contributed by atoms with Crippen LogP contribution in [0.4, 0.5) is 0 Å². The van der Waals surface area contributed by atoms with E-state index in [1.807, 2.05) is 49.4 Å². The first-order valence-corrected chi connectivity index (χ1v) is 9.24. The molecule has 25 heavy (non-hydrogen) atoms.